The van der Waals surface area contributed by atoms with Crippen LogP contribution >= 0.6 is 11.6 Å². The highest BCUT2D eigenvalue weighted by atomic mass is 35.5. The quantitative estimate of drug-likeness (QED) is 0.510. The lowest BCUT2D eigenvalue weighted by Crippen LogP contribution is -2.53. The molecule has 4 rings (SSSR count). The van der Waals surface area contributed by atoms with Crippen molar-refractivity contribution < 1.29 is 22.7 Å². The summed E-state index contributed by atoms with van der Waals surface area (Å²) in [5.41, 5.74) is 1.64. The maximum Gasteiger partial charge on any atom is 0.338 e. The largest absolute Gasteiger partial charge is 0.463 e. The fourth-order valence-electron chi connectivity index (χ4n) is 4.64. The number of halogens is 1. The number of piperazine rings is 1. The summed E-state index contributed by atoms with van der Waals surface area (Å²) in [5.74, 6) is -0.499. The number of hydrogen-bond donors (Lipinski definition) is 1. The molecule has 2 aliphatic heterocycles. The Balaban J connectivity index is 1.62. The van der Waals surface area contributed by atoms with Crippen LogP contribution in [0.5, 0.6) is 0 Å². The molecule has 2 aromatic rings. The van der Waals surface area contributed by atoms with Crippen LogP contribution in [0.4, 0.5) is 4.79 Å². The van der Waals surface area contributed by atoms with Crippen molar-refractivity contribution in [2.24, 2.45) is 0 Å². The van der Waals surface area contributed by atoms with Gasteiger partial charge in [-0.2, -0.15) is 4.31 Å². The Morgan fingerprint density at radius 1 is 1.03 bits per heavy atom. The summed E-state index contributed by atoms with van der Waals surface area (Å²) < 4.78 is 32.9. The van der Waals surface area contributed by atoms with Gasteiger partial charge in [0.2, 0.25) is 10.0 Å². The van der Waals surface area contributed by atoms with Crippen LogP contribution in [0.15, 0.2) is 70.8 Å². The molecule has 1 atom stereocenters. The average molecular weight is 547 g/mol. The van der Waals surface area contributed by atoms with E-state index < -0.39 is 22.0 Å². The van der Waals surface area contributed by atoms with Crippen molar-refractivity contribution in [3.05, 3.63) is 76.5 Å². The number of benzene rings is 2. The van der Waals surface area contributed by atoms with Gasteiger partial charge in [-0.25, -0.2) is 18.0 Å². The summed E-state index contributed by atoms with van der Waals surface area (Å²) >= 11 is 6.06. The van der Waals surface area contributed by atoms with Crippen LogP contribution in [0, 0.1) is 0 Å². The van der Waals surface area contributed by atoms with E-state index in [4.69, 9.17) is 16.3 Å². The Morgan fingerprint density at radius 2 is 1.68 bits per heavy atom. The molecule has 9 nitrogen and oxygen atoms in total. The predicted octanol–water partition coefficient (Wildman–Crippen LogP) is 3.25. The van der Waals surface area contributed by atoms with E-state index in [1.54, 1.807) is 66.4 Å². The summed E-state index contributed by atoms with van der Waals surface area (Å²) in [6.07, 6.45) is 0. The van der Waals surface area contributed by atoms with E-state index in [1.165, 1.54) is 4.31 Å². The van der Waals surface area contributed by atoms with Gasteiger partial charge in [0.15, 0.2) is 0 Å². The first kappa shape index (κ1) is 27.1. The van der Waals surface area contributed by atoms with Crippen molar-refractivity contribution >= 4 is 33.6 Å². The zero-order valence-electron chi connectivity index (χ0n) is 20.9. The number of nitrogens with one attached hydrogen (secondary N) is 1. The lowest BCUT2D eigenvalue weighted by Gasteiger charge is -2.40. The molecule has 11 heteroatoms. The summed E-state index contributed by atoms with van der Waals surface area (Å²) in [6, 6.07) is 14.4. The third-order valence-electron chi connectivity index (χ3n) is 6.54. The Labute approximate surface area is 222 Å². The van der Waals surface area contributed by atoms with Gasteiger partial charge in [-0.15, -0.1) is 0 Å². The molecule has 2 aromatic carbocycles. The van der Waals surface area contributed by atoms with Crippen LogP contribution in [-0.4, -0.2) is 80.4 Å². The molecule has 0 unspecified atom stereocenters. The maximum absolute atomic E-state index is 13.2. The molecule has 0 radical (unpaired) electrons. The average Bonchev–Trinajstić information content (AvgIpc) is 2.90. The second-order valence-corrected chi connectivity index (χ2v) is 11.1. The van der Waals surface area contributed by atoms with Gasteiger partial charge in [0, 0.05) is 50.0 Å². The van der Waals surface area contributed by atoms with Crippen molar-refractivity contribution in [2.75, 3.05) is 45.9 Å². The zero-order chi connectivity index (χ0) is 26.6. The van der Waals surface area contributed by atoms with E-state index in [0.29, 0.717) is 61.1 Å². The Bertz CT molecular complexity index is 1260. The molecule has 0 saturated carbocycles. The standard InChI is InChI=1S/C26H31ClN4O5S/c1-3-31-22(18-29-14-16-30(17-15-29)37(34,35)21-8-6-5-7-9-21)23(25(32)36-4-2)24(28-26(31)33)19-10-12-20(27)13-11-19/h5-13,24H,3-4,14-18H2,1-2H3,(H,28,33)/t24-/m1/s1. The molecule has 2 amide bonds. The zero-order valence-corrected chi connectivity index (χ0v) is 22.5. The monoisotopic (exact) mass is 546 g/mol. The predicted molar refractivity (Wildman–Crippen MR) is 140 cm³/mol. The number of urea groups is 1. The third-order valence-corrected chi connectivity index (χ3v) is 8.70. The fraction of sp³-hybridized carbons (Fsp3) is 0.385. The number of carbonyl (C=O) groups is 2. The Hall–Kier alpha value is -2.92. The van der Waals surface area contributed by atoms with Gasteiger partial charge in [0.1, 0.15) is 0 Å². The van der Waals surface area contributed by atoms with Crippen LogP contribution in [-0.2, 0) is 19.6 Å². The lowest BCUT2D eigenvalue weighted by atomic mass is 9.94. The van der Waals surface area contributed by atoms with Crippen molar-refractivity contribution in [1.82, 2.24) is 19.4 Å². The third kappa shape index (κ3) is 5.82. The first-order valence-electron chi connectivity index (χ1n) is 12.3. The van der Waals surface area contributed by atoms with E-state index >= 15 is 0 Å². The number of hydrogen-bond acceptors (Lipinski definition) is 6. The lowest BCUT2D eigenvalue weighted by molar-refractivity contribution is -0.139. The van der Waals surface area contributed by atoms with Gasteiger partial charge < -0.3 is 10.1 Å². The van der Waals surface area contributed by atoms with Crippen molar-refractivity contribution in [3.8, 4) is 0 Å². The van der Waals surface area contributed by atoms with Crippen LogP contribution in [0.2, 0.25) is 5.02 Å². The topological polar surface area (TPSA) is 99.3 Å². The number of esters is 1. The van der Waals surface area contributed by atoms with Gasteiger partial charge in [-0.3, -0.25) is 9.80 Å². The summed E-state index contributed by atoms with van der Waals surface area (Å²) in [5, 5.41) is 3.48. The first-order chi connectivity index (χ1) is 17.8. The molecule has 0 bridgehead atoms. The smallest absolute Gasteiger partial charge is 0.338 e. The molecule has 1 N–H and O–H groups in total. The minimum Gasteiger partial charge on any atom is -0.463 e. The summed E-state index contributed by atoms with van der Waals surface area (Å²) in [6.45, 7) is 5.96. The van der Waals surface area contributed by atoms with Gasteiger partial charge in [0.05, 0.1) is 23.1 Å². The molecular formula is C26H31ClN4O5S. The second-order valence-electron chi connectivity index (χ2n) is 8.75. The number of likely N-dealkylation sites (N-methyl/N-ethyl adjacent to an activating group) is 1. The van der Waals surface area contributed by atoms with Gasteiger partial charge in [0.25, 0.3) is 0 Å². The van der Waals surface area contributed by atoms with E-state index in [2.05, 4.69) is 10.2 Å². The van der Waals surface area contributed by atoms with E-state index in [-0.39, 0.29) is 17.5 Å². The van der Waals surface area contributed by atoms with Crippen LogP contribution in [0.1, 0.15) is 25.5 Å². The molecular weight excluding hydrogens is 516 g/mol. The van der Waals surface area contributed by atoms with E-state index in [0.717, 1.165) is 0 Å². The molecule has 0 aromatic heterocycles. The molecule has 2 heterocycles. The Morgan fingerprint density at radius 3 is 2.27 bits per heavy atom. The van der Waals surface area contributed by atoms with Crippen LogP contribution in [0.3, 0.4) is 0 Å². The minimum atomic E-state index is -3.59. The van der Waals surface area contributed by atoms with Gasteiger partial charge in [-0.1, -0.05) is 41.9 Å². The highest BCUT2D eigenvalue weighted by Gasteiger charge is 2.39. The Kier molecular flexibility index (Phi) is 8.53. The normalized spacial score (nSPS) is 19.6. The van der Waals surface area contributed by atoms with Crippen molar-refractivity contribution in [2.45, 2.75) is 24.8 Å². The van der Waals surface area contributed by atoms with Gasteiger partial charge in [-0.05, 0) is 43.7 Å². The van der Waals surface area contributed by atoms with Crippen LogP contribution in [0.25, 0.3) is 0 Å². The molecule has 37 heavy (non-hydrogen) atoms. The van der Waals surface area contributed by atoms with Crippen LogP contribution < -0.4 is 5.32 Å². The SMILES string of the molecule is CCOC(=O)C1=C(CN2CCN(S(=O)(=O)c3ccccc3)CC2)N(CC)C(=O)N[C@@H]1c1ccc(Cl)cc1. The number of sulfonamides is 1. The highest BCUT2D eigenvalue weighted by Crippen LogP contribution is 2.33. The fourth-order valence-corrected chi connectivity index (χ4v) is 6.21. The second kappa shape index (κ2) is 11.6. The summed E-state index contributed by atoms with van der Waals surface area (Å²) in [4.78, 5) is 30.2. The first-order valence-corrected chi connectivity index (χ1v) is 14.1. The minimum absolute atomic E-state index is 0.193. The number of rotatable bonds is 8. The number of ether oxygens (including phenoxy) is 1. The number of carbonyl (C=O) groups excluding carboxylic acids is 2. The number of amides is 2. The number of nitrogens with zero attached hydrogens (tertiary/aromatic N) is 3. The van der Waals surface area contributed by atoms with E-state index in [1.807, 2.05) is 6.92 Å². The molecule has 0 spiro atoms. The molecule has 0 aliphatic carbocycles. The molecule has 198 valence electrons. The summed E-state index contributed by atoms with van der Waals surface area (Å²) in [7, 11) is -3.59. The molecule has 1 saturated heterocycles. The highest BCUT2D eigenvalue weighted by molar-refractivity contribution is 7.89. The van der Waals surface area contributed by atoms with Crippen molar-refractivity contribution in [1.29, 1.82) is 0 Å². The maximum atomic E-state index is 13.2. The van der Waals surface area contributed by atoms with E-state index in [9.17, 15) is 18.0 Å². The molecule has 2 aliphatic rings. The molecule has 1 fully saturated rings. The van der Waals surface area contributed by atoms with Gasteiger partial charge >= 0.3 is 12.0 Å². The van der Waals surface area contributed by atoms with Crippen molar-refractivity contribution in [3.63, 3.8) is 0 Å².